The van der Waals surface area contributed by atoms with E-state index in [1.165, 1.54) is 12.1 Å². The Hall–Kier alpha value is -2.25. The molecule has 0 amide bonds. The van der Waals surface area contributed by atoms with Gasteiger partial charge in [-0.2, -0.15) is 4.98 Å². The SMILES string of the molecule is Cc1ccc(C)c(S(=O)(=O)C2(c3nc(-c4ccc(F)cc4Cl)no3)CCCC2)c1. The second-order valence-corrected chi connectivity index (χ2v) is 10.2. The van der Waals surface area contributed by atoms with Crippen LogP contribution in [0.1, 0.15) is 42.7 Å². The molecule has 1 heterocycles. The number of rotatable bonds is 4. The highest BCUT2D eigenvalue weighted by molar-refractivity contribution is 7.92. The number of halogens is 2. The summed E-state index contributed by atoms with van der Waals surface area (Å²) < 4.78 is 45.1. The number of sulfone groups is 1. The van der Waals surface area contributed by atoms with Crippen molar-refractivity contribution in [3.05, 3.63) is 64.3 Å². The lowest BCUT2D eigenvalue weighted by Gasteiger charge is -2.25. The molecule has 29 heavy (non-hydrogen) atoms. The lowest BCUT2D eigenvalue weighted by Crippen LogP contribution is -2.34. The van der Waals surface area contributed by atoms with Crippen LogP contribution in [0.25, 0.3) is 11.4 Å². The molecule has 1 aliphatic carbocycles. The summed E-state index contributed by atoms with van der Waals surface area (Å²) in [4.78, 5) is 4.70. The molecule has 0 N–H and O–H groups in total. The molecule has 0 saturated heterocycles. The van der Waals surface area contributed by atoms with Crippen LogP contribution < -0.4 is 0 Å². The van der Waals surface area contributed by atoms with Crippen LogP contribution in [0.4, 0.5) is 4.39 Å². The molecule has 0 radical (unpaired) electrons. The maximum atomic E-state index is 13.8. The average molecular weight is 435 g/mol. The van der Waals surface area contributed by atoms with E-state index in [0.29, 0.717) is 28.9 Å². The van der Waals surface area contributed by atoms with Gasteiger partial charge in [0, 0.05) is 5.56 Å². The standard InChI is InChI=1S/C21H20ClFN2O3S/c1-13-5-6-14(2)18(11-13)29(26,27)21(9-3-4-10-21)20-24-19(25-28-20)16-8-7-15(23)12-17(16)22/h5-8,11-12H,3-4,9-10H2,1-2H3. The highest BCUT2D eigenvalue weighted by Gasteiger charge is 2.53. The minimum absolute atomic E-state index is 0.0614. The zero-order chi connectivity index (χ0) is 20.8. The fraction of sp³-hybridized carbons (Fsp3) is 0.333. The van der Waals surface area contributed by atoms with Crippen LogP contribution in [-0.2, 0) is 14.6 Å². The minimum Gasteiger partial charge on any atom is -0.337 e. The molecule has 0 unspecified atom stereocenters. The summed E-state index contributed by atoms with van der Waals surface area (Å²) >= 11 is 6.11. The maximum absolute atomic E-state index is 13.8. The molecule has 2 aromatic carbocycles. The highest BCUT2D eigenvalue weighted by atomic mass is 35.5. The Bertz CT molecular complexity index is 1180. The number of nitrogens with zero attached hydrogens (tertiary/aromatic N) is 2. The highest BCUT2D eigenvalue weighted by Crippen LogP contribution is 2.48. The van der Waals surface area contributed by atoms with Crippen molar-refractivity contribution < 1.29 is 17.3 Å². The van der Waals surface area contributed by atoms with E-state index in [9.17, 15) is 12.8 Å². The number of aromatic nitrogens is 2. The van der Waals surface area contributed by atoms with Crippen LogP contribution in [-0.4, -0.2) is 18.6 Å². The summed E-state index contributed by atoms with van der Waals surface area (Å²) in [5, 5.41) is 4.09. The average Bonchev–Trinajstić information content (AvgIpc) is 3.34. The van der Waals surface area contributed by atoms with E-state index in [1.54, 1.807) is 13.0 Å². The van der Waals surface area contributed by atoms with Crippen molar-refractivity contribution in [2.75, 3.05) is 0 Å². The molecule has 4 rings (SSSR count). The molecule has 0 spiro atoms. The Labute approximate surface area is 173 Å². The molecule has 0 aliphatic heterocycles. The minimum atomic E-state index is -3.78. The van der Waals surface area contributed by atoms with E-state index in [1.807, 2.05) is 19.1 Å². The van der Waals surface area contributed by atoms with Crippen molar-refractivity contribution in [1.82, 2.24) is 10.1 Å². The molecular weight excluding hydrogens is 415 g/mol. The second kappa shape index (κ2) is 7.22. The zero-order valence-electron chi connectivity index (χ0n) is 16.1. The van der Waals surface area contributed by atoms with Gasteiger partial charge in [0.1, 0.15) is 5.82 Å². The lowest BCUT2D eigenvalue weighted by molar-refractivity contribution is 0.330. The van der Waals surface area contributed by atoms with E-state index < -0.39 is 20.4 Å². The molecule has 1 aliphatic rings. The van der Waals surface area contributed by atoms with Gasteiger partial charge in [-0.1, -0.05) is 41.7 Å². The third kappa shape index (κ3) is 3.26. The monoisotopic (exact) mass is 434 g/mol. The quantitative estimate of drug-likeness (QED) is 0.550. The van der Waals surface area contributed by atoms with E-state index in [-0.39, 0.29) is 16.7 Å². The number of hydrogen-bond donors (Lipinski definition) is 0. The van der Waals surface area contributed by atoms with Crippen molar-refractivity contribution in [2.24, 2.45) is 0 Å². The fourth-order valence-electron chi connectivity index (χ4n) is 3.94. The second-order valence-electron chi connectivity index (χ2n) is 7.52. The molecule has 0 atom stereocenters. The van der Waals surface area contributed by atoms with Gasteiger partial charge >= 0.3 is 0 Å². The van der Waals surface area contributed by atoms with Crippen molar-refractivity contribution in [2.45, 2.75) is 49.2 Å². The van der Waals surface area contributed by atoms with Crippen molar-refractivity contribution in [1.29, 1.82) is 0 Å². The summed E-state index contributed by atoms with van der Waals surface area (Å²) in [6.45, 7) is 3.65. The van der Waals surface area contributed by atoms with Crippen LogP contribution in [0.2, 0.25) is 5.02 Å². The first-order chi connectivity index (χ1) is 13.7. The lowest BCUT2D eigenvalue weighted by atomic mass is 10.1. The Kier molecular flexibility index (Phi) is 4.99. The molecule has 152 valence electrons. The number of aryl methyl sites for hydroxylation is 2. The van der Waals surface area contributed by atoms with E-state index in [2.05, 4.69) is 10.1 Å². The summed E-state index contributed by atoms with van der Waals surface area (Å²) in [7, 11) is -3.78. The molecule has 1 fully saturated rings. The summed E-state index contributed by atoms with van der Waals surface area (Å²) in [6.07, 6.45) is 2.31. The number of hydrogen-bond acceptors (Lipinski definition) is 5. The molecule has 8 heteroatoms. The fourth-order valence-corrected chi connectivity index (χ4v) is 6.58. The first-order valence-corrected chi connectivity index (χ1v) is 11.2. The molecule has 5 nitrogen and oxygen atoms in total. The van der Waals surface area contributed by atoms with Gasteiger partial charge in [-0.05, 0) is 62.1 Å². The van der Waals surface area contributed by atoms with E-state index in [4.69, 9.17) is 16.1 Å². The van der Waals surface area contributed by atoms with Gasteiger partial charge < -0.3 is 4.52 Å². The van der Waals surface area contributed by atoms with Crippen LogP contribution in [0.15, 0.2) is 45.8 Å². The van der Waals surface area contributed by atoms with Crippen molar-refractivity contribution in [3.63, 3.8) is 0 Å². The smallest absolute Gasteiger partial charge is 0.248 e. The first-order valence-electron chi connectivity index (χ1n) is 9.36. The van der Waals surface area contributed by atoms with Crippen LogP contribution in [0.5, 0.6) is 0 Å². The summed E-state index contributed by atoms with van der Waals surface area (Å²) in [5.74, 6) is -0.272. The zero-order valence-corrected chi connectivity index (χ0v) is 17.6. The molecule has 3 aromatic rings. The predicted molar refractivity (Wildman–Crippen MR) is 108 cm³/mol. The van der Waals surface area contributed by atoms with E-state index >= 15 is 0 Å². The van der Waals surface area contributed by atoms with Crippen LogP contribution in [0.3, 0.4) is 0 Å². The van der Waals surface area contributed by atoms with Gasteiger partial charge in [0.2, 0.25) is 11.7 Å². The van der Waals surface area contributed by atoms with Crippen molar-refractivity contribution >= 4 is 21.4 Å². The molecular formula is C21H20ClFN2O3S. The van der Waals surface area contributed by atoms with Crippen LogP contribution >= 0.6 is 11.6 Å². The molecule has 1 saturated carbocycles. The normalized spacial score (nSPS) is 16.3. The van der Waals surface area contributed by atoms with Gasteiger partial charge in [0.15, 0.2) is 14.6 Å². The maximum Gasteiger partial charge on any atom is 0.248 e. The number of benzene rings is 2. The van der Waals surface area contributed by atoms with Gasteiger partial charge in [-0.25, -0.2) is 12.8 Å². The van der Waals surface area contributed by atoms with Gasteiger partial charge in [0.25, 0.3) is 0 Å². The third-order valence-corrected chi connectivity index (χ3v) is 8.49. The van der Waals surface area contributed by atoms with Gasteiger partial charge in [0.05, 0.1) is 9.92 Å². The Morgan fingerprint density at radius 2 is 1.83 bits per heavy atom. The Morgan fingerprint density at radius 1 is 1.10 bits per heavy atom. The largest absolute Gasteiger partial charge is 0.337 e. The van der Waals surface area contributed by atoms with E-state index in [0.717, 1.165) is 24.5 Å². The van der Waals surface area contributed by atoms with Gasteiger partial charge in [-0.15, -0.1) is 0 Å². The Balaban J connectivity index is 1.85. The summed E-state index contributed by atoms with van der Waals surface area (Å²) in [5.41, 5.74) is 1.94. The van der Waals surface area contributed by atoms with Crippen LogP contribution in [0, 0.1) is 19.7 Å². The molecule has 0 bridgehead atoms. The van der Waals surface area contributed by atoms with Crippen molar-refractivity contribution in [3.8, 4) is 11.4 Å². The topological polar surface area (TPSA) is 73.1 Å². The molecule has 1 aromatic heterocycles. The third-order valence-electron chi connectivity index (χ3n) is 5.55. The first kappa shape index (κ1) is 20.0. The van der Waals surface area contributed by atoms with Gasteiger partial charge in [-0.3, -0.25) is 0 Å². The Morgan fingerprint density at radius 3 is 2.52 bits per heavy atom. The summed E-state index contributed by atoms with van der Waals surface area (Å²) in [6, 6.07) is 9.24. The predicted octanol–water partition coefficient (Wildman–Crippen LogP) is 5.39.